The molecule has 1 N–H and O–H groups in total. The highest BCUT2D eigenvalue weighted by Gasteiger charge is 2.13. The van der Waals surface area contributed by atoms with Gasteiger partial charge in [-0.3, -0.25) is 0 Å². The Kier molecular flexibility index (Phi) is 4.88. The number of aryl methyl sites for hydroxylation is 2. The maximum Gasteiger partial charge on any atom is 0.161 e. The standard InChI is InChI=1S/C15H23NO2/c1-3-16-7-5-4-6-13-11-15-14(10-12(13)2)17-8-9-18-15/h10-11,16H,3-9H2,1-2H3. The number of ether oxygens (including phenoxy) is 2. The molecule has 3 nitrogen and oxygen atoms in total. The minimum atomic E-state index is 0.661. The van der Waals surface area contributed by atoms with Crippen molar-refractivity contribution in [2.75, 3.05) is 26.3 Å². The van der Waals surface area contributed by atoms with Crippen LogP contribution in [0.4, 0.5) is 0 Å². The first-order valence-corrected chi connectivity index (χ1v) is 6.91. The van der Waals surface area contributed by atoms with Crippen molar-refractivity contribution in [1.29, 1.82) is 0 Å². The minimum Gasteiger partial charge on any atom is -0.486 e. The molecule has 0 spiro atoms. The topological polar surface area (TPSA) is 30.5 Å². The zero-order chi connectivity index (χ0) is 12.8. The van der Waals surface area contributed by atoms with Crippen LogP contribution in [0.1, 0.15) is 30.9 Å². The van der Waals surface area contributed by atoms with E-state index in [2.05, 4.69) is 31.3 Å². The Bertz CT molecular complexity index is 390. The maximum absolute atomic E-state index is 5.63. The number of nitrogens with one attached hydrogen (secondary N) is 1. The second-order valence-electron chi connectivity index (χ2n) is 4.73. The monoisotopic (exact) mass is 249 g/mol. The van der Waals surface area contributed by atoms with Gasteiger partial charge in [0.2, 0.25) is 0 Å². The van der Waals surface area contributed by atoms with Gasteiger partial charge >= 0.3 is 0 Å². The van der Waals surface area contributed by atoms with E-state index in [1.807, 2.05) is 0 Å². The van der Waals surface area contributed by atoms with Crippen LogP contribution >= 0.6 is 0 Å². The smallest absolute Gasteiger partial charge is 0.161 e. The van der Waals surface area contributed by atoms with E-state index in [1.54, 1.807) is 0 Å². The van der Waals surface area contributed by atoms with Gasteiger partial charge in [0.05, 0.1) is 0 Å². The molecule has 0 aliphatic carbocycles. The van der Waals surface area contributed by atoms with E-state index >= 15 is 0 Å². The summed E-state index contributed by atoms with van der Waals surface area (Å²) in [4.78, 5) is 0. The van der Waals surface area contributed by atoms with Crippen molar-refractivity contribution < 1.29 is 9.47 Å². The summed E-state index contributed by atoms with van der Waals surface area (Å²) >= 11 is 0. The van der Waals surface area contributed by atoms with Gasteiger partial charge in [-0.25, -0.2) is 0 Å². The SMILES string of the molecule is CCNCCCCc1cc2c(cc1C)OCCO2. The second kappa shape index (κ2) is 6.64. The molecule has 0 saturated heterocycles. The summed E-state index contributed by atoms with van der Waals surface area (Å²) < 4.78 is 11.2. The molecule has 1 aromatic carbocycles. The average molecular weight is 249 g/mol. The van der Waals surface area contributed by atoms with E-state index in [0.29, 0.717) is 13.2 Å². The van der Waals surface area contributed by atoms with Crippen LogP contribution in [0.15, 0.2) is 12.1 Å². The normalized spacial score (nSPS) is 13.7. The van der Waals surface area contributed by atoms with E-state index in [0.717, 1.165) is 31.0 Å². The Labute approximate surface area is 109 Å². The molecule has 1 aromatic rings. The molecule has 0 atom stereocenters. The van der Waals surface area contributed by atoms with Crippen molar-refractivity contribution >= 4 is 0 Å². The van der Waals surface area contributed by atoms with E-state index < -0.39 is 0 Å². The van der Waals surface area contributed by atoms with Crippen LogP contribution in [0.2, 0.25) is 0 Å². The molecule has 18 heavy (non-hydrogen) atoms. The van der Waals surface area contributed by atoms with Crippen molar-refractivity contribution in [3.8, 4) is 11.5 Å². The third kappa shape index (κ3) is 3.39. The number of hydrogen-bond donors (Lipinski definition) is 1. The quantitative estimate of drug-likeness (QED) is 0.786. The van der Waals surface area contributed by atoms with Gasteiger partial charge in [-0.1, -0.05) is 6.92 Å². The van der Waals surface area contributed by atoms with Gasteiger partial charge in [-0.2, -0.15) is 0 Å². The van der Waals surface area contributed by atoms with Crippen LogP contribution in [0, 0.1) is 6.92 Å². The van der Waals surface area contributed by atoms with E-state index in [4.69, 9.17) is 9.47 Å². The van der Waals surface area contributed by atoms with Crippen molar-refractivity contribution in [1.82, 2.24) is 5.32 Å². The van der Waals surface area contributed by atoms with Gasteiger partial charge in [0.1, 0.15) is 13.2 Å². The predicted molar refractivity (Wildman–Crippen MR) is 73.7 cm³/mol. The summed E-state index contributed by atoms with van der Waals surface area (Å²) in [6.07, 6.45) is 3.56. The lowest BCUT2D eigenvalue weighted by molar-refractivity contribution is 0.171. The Morgan fingerprint density at radius 2 is 1.83 bits per heavy atom. The summed E-state index contributed by atoms with van der Waals surface area (Å²) in [7, 11) is 0. The number of hydrogen-bond acceptors (Lipinski definition) is 3. The number of rotatable bonds is 6. The number of fused-ring (bicyclic) bond motifs is 1. The molecule has 0 fully saturated rings. The molecule has 0 aromatic heterocycles. The lowest BCUT2D eigenvalue weighted by Gasteiger charge is -2.20. The van der Waals surface area contributed by atoms with Gasteiger partial charge in [0.25, 0.3) is 0 Å². The molecule has 1 heterocycles. The minimum absolute atomic E-state index is 0.661. The predicted octanol–water partition coefficient (Wildman–Crippen LogP) is 2.70. The van der Waals surface area contributed by atoms with Crippen molar-refractivity contribution in [3.05, 3.63) is 23.3 Å². The zero-order valence-electron chi connectivity index (χ0n) is 11.4. The number of unbranched alkanes of at least 4 members (excludes halogenated alkanes) is 1. The summed E-state index contributed by atoms with van der Waals surface area (Å²) in [6, 6.07) is 4.26. The third-order valence-corrected chi connectivity index (χ3v) is 3.30. The highest BCUT2D eigenvalue weighted by Crippen LogP contribution is 2.33. The largest absolute Gasteiger partial charge is 0.486 e. The molecule has 0 amide bonds. The summed E-state index contributed by atoms with van der Waals surface area (Å²) in [5.41, 5.74) is 2.69. The molecule has 1 aliphatic rings. The van der Waals surface area contributed by atoms with E-state index in [9.17, 15) is 0 Å². The van der Waals surface area contributed by atoms with Crippen LogP contribution in [0.25, 0.3) is 0 Å². The zero-order valence-corrected chi connectivity index (χ0v) is 11.4. The molecule has 0 radical (unpaired) electrons. The van der Waals surface area contributed by atoms with Gasteiger partial charge < -0.3 is 14.8 Å². The fourth-order valence-corrected chi connectivity index (χ4v) is 2.24. The maximum atomic E-state index is 5.63. The lowest BCUT2D eigenvalue weighted by atomic mass is 10.0. The van der Waals surface area contributed by atoms with Crippen LogP contribution in [-0.2, 0) is 6.42 Å². The first-order valence-electron chi connectivity index (χ1n) is 6.91. The molecule has 1 aliphatic heterocycles. The molecule has 3 heteroatoms. The van der Waals surface area contributed by atoms with E-state index in [-0.39, 0.29) is 0 Å². The van der Waals surface area contributed by atoms with Gasteiger partial charge in [-0.15, -0.1) is 0 Å². The Balaban J connectivity index is 1.91. The first-order chi connectivity index (χ1) is 8.81. The molecule has 0 bridgehead atoms. The first kappa shape index (κ1) is 13.2. The van der Waals surface area contributed by atoms with Gasteiger partial charge in [0, 0.05) is 0 Å². The third-order valence-electron chi connectivity index (χ3n) is 3.30. The van der Waals surface area contributed by atoms with Crippen LogP contribution in [-0.4, -0.2) is 26.3 Å². The fourth-order valence-electron chi connectivity index (χ4n) is 2.24. The highest BCUT2D eigenvalue weighted by atomic mass is 16.6. The summed E-state index contributed by atoms with van der Waals surface area (Å²) in [5.74, 6) is 1.81. The van der Waals surface area contributed by atoms with Crippen LogP contribution < -0.4 is 14.8 Å². The van der Waals surface area contributed by atoms with Crippen LogP contribution in [0.5, 0.6) is 11.5 Å². The fraction of sp³-hybridized carbons (Fsp3) is 0.600. The Morgan fingerprint density at radius 1 is 1.11 bits per heavy atom. The second-order valence-corrected chi connectivity index (χ2v) is 4.73. The van der Waals surface area contributed by atoms with Crippen molar-refractivity contribution in [3.63, 3.8) is 0 Å². The molecular formula is C15H23NO2. The lowest BCUT2D eigenvalue weighted by Crippen LogP contribution is -2.16. The van der Waals surface area contributed by atoms with E-state index in [1.165, 1.54) is 24.0 Å². The summed E-state index contributed by atoms with van der Waals surface area (Å²) in [6.45, 7) is 7.79. The van der Waals surface area contributed by atoms with Crippen molar-refractivity contribution in [2.45, 2.75) is 33.1 Å². The Morgan fingerprint density at radius 3 is 2.56 bits per heavy atom. The van der Waals surface area contributed by atoms with Gasteiger partial charge in [-0.05, 0) is 62.5 Å². The number of benzene rings is 1. The molecule has 0 saturated carbocycles. The molecular weight excluding hydrogens is 226 g/mol. The Hall–Kier alpha value is -1.22. The molecule has 0 unspecified atom stereocenters. The van der Waals surface area contributed by atoms with Gasteiger partial charge in [0.15, 0.2) is 11.5 Å². The van der Waals surface area contributed by atoms with Crippen LogP contribution in [0.3, 0.4) is 0 Å². The summed E-state index contributed by atoms with van der Waals surface area (Å²) in [5, 5.41) is 3.35. The highest BCUT2D eigenvalue weighted by molar-refractivity contribution is 5.47. The van der Waals surface area contributed by atoms with Crippen molar-refractivity contribution in [2.24, 2.45) is 0 Å². The molecule has 2 rings (SSSR count). The average Bonchev–Trinajstić information content (AvgIpc) is 2.39. The molecule has 100 valence electrons.